The number of amides is 2. The van der Waals surface area contributed by atoms with E-state index in [1.807, 2.05) is 47.0 Å². The molecule has 0 unspecified atom stereocenters. The quantitative estimate of drug-likeness (QED) is 0.652. The number of nitrogens with zero attached hydrogens (tertiary/aromatic N) is 3. The zero-order valence-corrected chi connectivity index (χ0v) is 18.6. The van der Waals surface area contributed by atoms with Crippen molar-refractivity contribution in [2.75, 3.05) is 11.9 Å². The third-order valence-corrected chi connectivity index (χ3v) is 6.86. The number of aromatic nitrogens is 2. The Labute approximate surface area is 188 Å². The van der Waals surface area contributed by atoms with Gasteiger partial charge in [-0.15, -0.1) is 0 Å². The van der Waals surface area contributed by atoms with Crippen molar-refractivity contribution in [1.82, 2.24) is 14.9 Å². The number of benzene rings is 2. The third kappa shape index (κ3) is 3.78. The highest BCUT2D eigenvalue weighted by molar-refractivity contribution is 6.15. The molecule has 0 saturated heterocycles. The number of imidazole rings is 1. The van der Waals surface area contributed by atoms with Crippen molar-refractivity contribution >= 4 is 28.4 Å². The summed E-state index contributed by atoms with van der Waals surface area (Å²) in [5.74, 6) is 1.11. The van der Waals surface area contributed by atoms with Crippen molar-refractivity contribution in [2.45, 2.75) is 64.0 Å². The molecule has 0 bridgehead atoms. The topological polar surface area (TPSA) is 67.2 Å². The molecule has 0 radical (unpaired) electrons. The van der Waals surface area contributed by atoms with Crippen LogP contribution in [0.15, 0.2) is 42.5 Å². The lowest BCUT2D eigenvalue weighted by Crippen LogP contribution is -2.39. The number of fused-ring (bicyclic) bond motifs is 2. The van der Waals surface area contributed by atoms with Gasteiger partial charge < -0.3 is 9.88 Å². The minimum Gasteiger partial charge on any atom is -0.348 e. The summed E-state index contributed by atoms with van der Waals surface area (Å²) in [7, 11) is 1.73. The van der Waals surface area contributed by atoms with Gasteiger partial charge in [0.2, 0.25) is 0 Å². The first-order chi connectivity index (χ1) is 15.6. The van der Waals surface area contributed by atoms with Gasteiger partial charge in [0.15, 0.2) is 11.5 Å². The Kier molecular flexibility index (Phi) is 5.68. The molecule has 1 N–H and O–H groups in total. The Morgan fingerprint density at radius 2 is 1.78 bits per heavy atom. The maximum atomic E-state index is 13.6. The molecular weight excluding hydrogens is 400 g/mol. The van der Waals surface area contributed by atoms with Crippen LogP contribution in [0.5, 0.6) is 0 Å². The van der Waals surface area contributed by atoms with E-state index >= 15 is 0 Å². The van der Waals surface area contributed by atoms with Gasteiger partial charge in [0.25, 0.3) is 11.8 Å². The number of rotatable bonds is 4. The summed E-state index contributed by atoms with van der Waals surface area (Å²) in [6, 6.07) is 13.8. The van der Waals surface area contributed by atoms with Crippen LogP contribution in [0.1, 0.15) is 71.6 Å². The molecule has 2 heterocycles. The molecule has 1 saturated carbocycles. The number of carbonyl (C=O) groups is 2. The fourth-order valence-electron chi connectivity index (χ4n) is 5.12. The van der Waals surface area contributed by atoms with Crippen molar-refractivity contribution < 1.29 is 9.59 Å². The number of carbonyl (C=O) groups excluding carboxylic acids is 2. The molecule has 1 aliphatic carbocycles. The van der Waals surface area contributed by atoms with Crippen LogP contribution in [0.3, 0.4) is 0 Å². The molecule has 1 aromatic heterocycles. The van der Waals surface area contributed by atoms with Gasteiger partial charge in [-0.05, 0) is 42.5 Å². The maximum Gasteiger partial charge on any atom is 0.272 e. The number of anilines is 1. The van der Waals surface area contributed by atoms with Crippen LogP contribution in [-0.4, -0.2) is 34.5 Å². The lowest BCUT2D eigenvalue weighted by Gasteiger charge is -2.24. The van der Waals surface area contributed by atoms with Gasteiger partial charge in [0, 0.05) is 31.6 Å². The standard InChI is InChI=1S/C26H30N4O2/c1-29(26(32)21-15-9-11-18-10-5-6-14-20(18)21)24-23(30-17-8-7-16-22(30)28-24)25(31)27-19-12-3-2-4-13-19/h5-6,9-11,14-15,19H,2-4,7-8,12-13,16-17H2,1H3,(H,27,31). The molecule has 1 fully saturated rings. The van der Waals surface area contributed by atoms with Gasteiger partial charge in [-0.25, -0.2) is 4.98 Å². The highest BCUT2D eigenvalue weighted by Gasteiger charge is 2.31. The van der Waals surface area contributed by atoms with E-state index in [1.165, 1.54) is 6.42 Å². The summed E-state index contributed by atoms with van der Waals surface area (Å²) >= 11 is 0. The molecule has 6 nitrogen and oxygen atoms in total. The van der Waals surface area contributed by atoms with Crippen molar-refractivity contribution in [3.63, 3.8) is 0 Å². The molecule has 1 aliphatic heterocycles. The van der Waals surface area contributed by atoms with E-state index in [0.29, 0.717) is 17.1 Å². The fraction of sp³-hybridized carbons (Fsp3) is 0.423. The average Bonchev–Trinajstić information content (AvgIpc) is 3.23. The van der Waals surface area contributed by atoms with Gasteiger partial charge in [-0.1, -0.05) is 55.7 Å². The van der Waals surface area contributed by atoms with Crippen LogP contribution >= 0.6 is 0 Å². The molecule has 0 atom stereocenters. The van der Waals surface area contributed by atoms with Gasteiger partial charge in [0.1, 0.15) is 5.82 Å². The average molecular weight is 431 g/mol. The molecule has 3 aromatic rings. The predicted molar refractivity (Wildman–Crippen MR) is 126 cm³/mol. The Bertz CT molecular complexity index is 1150. The fourth-order valence-corrected chi connectivity index (χ4v) is 5.12. The second-order valence-electron chi connectivity index (χ2n) is 9.01. The molecule has 32 heavy (non-hydrogen) atoms. The first kappa shape index (κ1) is 20.7. The summed E-state index contributed by atoms with van der Waals surface area (Å²) in [6.45, 7) is 0.770. The predicted octanol–water partition coefficient (Wildman–Crippen LogP) is 4.71. The summed E-state index contributed by atoms with van der Waals surface area (Å²) in [4.78, 5) is 33.4. The molecule has 166 valence electrons. The highest BCUT2D eigenvalue weighted by Crippen LogP contribution is 2.29. The Morgan fingerprint density at radius 1 is 1.00 bits per heavy atom. The molecule has 0 spiro atoms. The van der Waals surface area contributed by atoms with Crippen LogP contribution in [0, 0.1) is 0 Å². The number of hydrogen-bond donors (Lipinski definition) is 1. The van der Waals surface area contributed by atoms with Gasteiger partial charge in [0.05, 0.1) is 0 Å². The van der Waals surface area contributed by atoms with Crippen LogP contribution in [0.25, 0.3) is 10.8 Å². The van der Waals surface area contributed by atoms with Crippen molar-refractivity contribution in [1.29, 1.82) is 0 Å². The third-order valence-electron chi connectivity index (χ3n) is 6.86. The molecular formula is C26H30N4O2. The Morgan fingerprint density at radius 3 is 2.62 bits per heavy atom. The molecule has 2 aliphatic rings. The van der Waals surface area contributed by atoms with Crippen LogP contribution in [0.2, 0.25) is 0 Å². The number of aryl methyl sites for hydroxylation is 1. The van der Waals surface area contributed by atoms with E-state index < -0.39 is 0 Å². The van der Waals surface area contributed by atoms with Crippen molar-refractivity contribution in [3.05, 3.63) is 59.5 Å². The number of hydrogen-bond acceptors (Lipinski definition) is 3. The van der Waals surface area contributed by atoms with E-state index in [1.54, 1.807) is 11.9 Å². The lowest BCUT2D eigenvalue weighted by molar-refractivity contribution is 0.0917. The van der Waals surface area contributed by atoms with Gasteiger partial charge in [-0.2, -0.15) is 0 Å². The van der Waals surface area contributed by atoms with Crippen LogP contribution in [-0.2, 0) is 13.0 Å². The molecule has 6 heteroatoms. The Hall–Kier alpha value is -3.15. The van der Waals surface area contributed by atoms with E-state index in [0.717, 1.165) is 68.1 Å². The zero-order chi connectivity index (χ0) is 22.1. The van der Waals surface area contributed by atoms with E-state index in [4.69, 9.17) is 4.98 Å². The van der Waals surface area contributed by atoms with E-state index in [-0.39, 0.29) is 17.9 Å². The normalized spacial score (nSPS) is 16.5. The smallest absolute Gasteiger partial charge is 0.272 e. The minimum atomic E-state index is -0.149. The molecule has 2 aromatic carbocycles. The molecule has 5 rings (SSSR count). The summed E-state index contributed by atoms with van der Waals surface area (Å²) in [5.41, 5.74) is 1.15. The summed E-state index contributed by atoms with van der Waals surface area (Å²) < 4.78 is 2.03. The van der Waals surface area contributed by atoms with Crippen LogP contribution < -0.4 is 10.2 Å². The molecule has 2 amide bonds. The van der Waals surface area contributed by atoms with E-state index in [9.17, 15) is 9.59 Å². The maximum absolute atomic E-state index is 13.6. The monoisotopic (exact) mass is 430 g/mol. The summed E-state index contributed by atoms with van der Waals surface area (Å²) in [6.07, 6.45) is 8.50. The largest absolute Gasteiger partial charge is 0.348 e. The first-order valence-corrected chi connectivity index (χ1v) is 11.8. The lowest BCUT2D eigenvalue weighted by atomic mass is 9.95. The highest BCUT2D eigenvalue weighted by atomic mass is 16.2. The van der Waals surface area contributed by atoms with Crippen molar-refractivity contribution in [3.8, 4) is 0 Å². The summed E-state index contributed by atoms with van der Waals surface area (Å²) in [5, 5.41) is 5.16. The van der Waals surface area contributed by atoms with Crippen LogP contribution in [0.4, 0.5) is 5.82 Å². The van der Waals surface area contributed by atoms with Crippen molar-refractivity contribution in [2.24, 2.45) is 0 Å². The minimum absolute atomic E-state index is 0.106. The first-order valence-electron chi connectivity index (χ1n) is 11.8. The van der Waals surface area contributed by atoms with Gasteiger partial charge >= 0.3 is 0 Å². The zero-order valence-electron chi connectivity index (χ0n) is 18.6. The second-order valence-corrected chi connectivity index (χ2v) is 9.01. The number of nitrogens with one attached hydrogen (secondary N) is 1. The SMILES string of the molecule is CN(C(=O)c1cccc2ccccc12)c1nc2n(c1C(=O)NC1CCCCC1)CCCC2. The second kappa shape index (κ2) is 8.77. The Balaban J connectivity index is 1.51. The van der Waals surface area contributed by atoms with Gasteiger partial charge in [-0.3, -0.25) is 14.5 Å². The van der Waals surface area contributed by atoms with E-state index in [2.05, 4.69) is 5.32 Å².